The molecule has 1 aliphatic heterocycles. The predicted octanol–water partition coefficient (Wildman–Crippen LogP) is 5.52. The largest absolute Gasteiger partial charge is 0.507 e. The molecule has 0 fully saturated rings. The van der Waals surface area contributed by atoms with E-state index in [0.29, 0.717) is 28.4 Å². The number of methoxy groups -OCH3 is 1. The zero-order valence-electron chi connectivity index (χ0n) is 17.1. The molecule has 7 heteroatoms. The molecule has 0 saturated carbocycles. The average molecular weight is 419 g/mol. The van der Waals surface area contributed by atoms with Crippen LogP contribution in [0.2, 0.25) is 0 Å². The highest BCUT2D eigenvalue weighted by molar-refractivity contribution is 5.67. The maximum Gasteiger partial charge on any atom is 0.272 e. The molecule has 1 unspecified atom stereocenters. The summed E-state index contributed by atoms with van der Waals surface area (Å²) in [5, 5.41) is 21.4. The van der Waals surface area contributed by atoms with Gasteiger partial charge in [-0.05, 0) is 48.9 Å². The minimum Gasteiger partial charge on any atom is -0.507 e. The number of nitrogens with zero attached hydrogens (tertiary/aromatic N) is 1. The Morgan fingerprint density at radius 1 is 1.13 bits per heavy atom. The Kier molecular flexibility index (Phi) is 5.49. The van der Waals surface area contributed by atoms with Gasteiger partial charge < -0.3 is 19.3 Å². The van der Waals surface area contributed by atoms with Crippen molar-refractivity contribution in [3.63, 3.8) is 0 Å². The van der Waals surface area contributed by atoms with Crippen LogP contribution >= 0.6 is 0 Å². The lowest BCUT2D eigenvalue weighted by molar-refractivity contribution is -0.385. The third-order valence-electron chi connectivity index (χ3n) is 5.12. The summed E-state index contributed by atoms with van der Waals surface area (Å²) in [5.41, 5.74) is 2.85. The third kappa shape index (κ3) is 4.16. The molecular formula is C24H21NO6. The van der Waals surface area contributed by atoms with Crippen LogP contribution in [0.5, 0.6) is 17.2 Å². The minimum atomic E-state index is -0.457. The van der Waals surface area contributed by atoms with Crippen molar-refractivity contribution in [2.45, 2.75) is 19.6 Å². The van der Waals surface area contributed by atoms with E-state index < -0.39 is 11.0 Å². The second-order valence-corrected chi connectivity index (χ2v) is 7.15. The second kappa shape index (κ2) is 8.39. The van der Waals surface area contributed by atoms with Gasteiger partial charge in [-0.1, -0.05) is 18.2 Å². The molecule has 0 aromatic heterocycles. The normalized spacial score (nSPS) is 14.8. The Morgan fingerprint density at radius 3 is 2.68 bits per heavy atom. The first-order chi connectivity index (χ1) is 15.0. The van der Waals surface area contributed by atoms with Gasteiger partial charge in [-0.25, -0.2) is 0 Å². The van der Waals surface area contributed by atoms with E-state index in [1.54, 1.807) is 38.3 Å². The summed E-state index contributed by atoms with van der Waals surface area (Å²) in [4.78, 5) is 10.6. The lowest BCUT2D eigenvalue weighted by Crippen LogP contribution is -2.12. The highest BCUT2D eigenvalue weighted by atomic mass is 16.6. The van der Waals surface area contributed by atoms with Crippen molar-refractivity contribution >= 4 is 11.4 Å². The molecule has 3 aromatic rings. The van der Waals surface area contributed by atoms with Crippen LogP contribution in [-0.2, 0) is 6.61 Å². The molecule has 158 valence electrons. The van der Waals surface area contributed by atoms with Gasteiger partial charge in [0.25, 0.3) is 5.69 Å². The highest BCUT2D eigenvalue weighted by Gasteiger charge is 2.22. The van der Waals surface area contributed by atoms with Crippen molar-refractivity contribution < 1.29 is 24.2 Å². The molecule has 0 aliphatic carbocycles. The molecule has 1 aliphatic rings. The number of ether oxygens (including phenoxy) is 3. The number of aliphatic hydroxyl groups is 1. The molecule has 1 atom stereocenters. The summed E-state index contributed by atoms with van der Waals surface area (Å²) >= 11 is 0. The summed E-state index contributed by atoms with van der Waals surface area (Å²) in [5.74, 6) is 1.95. The van der Waals surface area contributed by atoms with E-state index in [2.05, 4.69) is 0 Å². The van der Waals surface area contributed by atoms with Gasteiger partial charge in [0.1, 0.15) is 35.7 Å². The first-order valence-corrected chi connectivity index (χ1v) is 9.68. The summed E-state index contributed by atoms with van der Waals surface area (Å²) in [6.45, 7) is 1.87. The first kappa shape index (κ1) is 20.3. The van der Waals surface area contributed by atoms with Crippen LogP contribution in [0, 0.1) is 17.0 Å². The molecular weight excluding hydrogens is 398 g/mol. The van der Waals surface area contributed by atoms with Crippen molar-refractivity contribution in [1.82, 2.24) is 0 Å². The van der Waals surface area contributed by atoms with Crippen molar-refractivity contribution in [3.8, 4) is 17.2 Å². The molecule has 0 amide bonds. The summed E-state index contributed by atoms with van der Waals surface area (Å²) < 4.78 is 17.4. The predicted molar refractivity (Wildman–Crippen MR) is 116 cm³/mol. The Balaban J connectivity index is 1.57. The number of aliphatic hydroxyl groups excluding tert-OH is 1. The number of fused-ring (bicyclic) bond motifs is 1. The summed E-state index contributed by atoms with van der Waals surface area (Å²) in [6, 6.07) is 17.6. The van der Waals surface area contributed by atoms with Gasteiger partial charge in [0, 0.05) is 23.3 Å². The molecule has 1 heterocycles. The van der Waals surface area contributed by atoms with E-state index >= 15 is 0 Å². The number of hydrogen-bond acceptors (Lipinski definition) is 6. The van der Waals surface area contributed by atoms with Gasteiger partial charge in [0.15, 0.2) is 0 Å². The van der Waals surface area contributed by atoms with E-state index in [9.17, 15) is 15.2 Å². The molecule has 0 radical (unpaired) electrons. The van der Waals surface area contributed by atoms with Crippen LogP contribution in [0.3, 0.4) is 0 Å². The van der Waals surface area contributed by atoms with E-state index in [4.69, 9.17) is 14.2 Å². The lowest BCUT2D eigenvalue weighted by atomic mass is 10.0. The maximum absolute atomic E-state index is 11.0. The molecule has 3 aromatic carbocycles. The highest BCUT2D eigenvalue weighted by Crippen LogP contribution is 2.37. The van der Waals surface area contributed by atoms with E-state index in [0.717, 1.165) is 11.1 Å². The number of rotatable bonds is 6. The minimum absolute atomic E-state index is 0.0493. The standard InChI is InChI=1S/C24H21NO6/c1-15-11-18(8-9-20(15)25(27)28)30-14-17-12-16(7-10-22(17)29-2)24-13-21(26)19-5-3-4-6-23(19)31-24/h3-13,24,26H,14H2,1-2H3. The van der Waals surface area contributed by atoms with Crippen molar-refractivity contribution in [2.24, 2.45) is 0 Å². The molecule has 31 heavy (non-hydrogen) atoms. The van der Waals surface area contributed by atoms with Crippen LogP contribution in [0.1, 0.15) is 28.4 Å². The van der Waals surface area contributed by atoms with E-state index in [-0.39, 0.29) is 18.1 Å². The fraction of sp³-hybridized carbons (Fsp3) is 0.167. The summed E-state index contributed by atoms with van der Waals surface area (Å²) in [6.07, 6.45) is 1.20. The molecule has 0 saturated heterocycles. The first-order valence-electron chi connectivity index (χ1n) is 9.68. The Hall–Kier alpha value is -4.00. The molecule has 4 rings (SSSR count). The van der Waals surface area contributed by atoms with Crippen LogP contribution in [0.15, 0.2) is 66.7 Å². The smallest absolute Gasteiger partial charge is 0.272 e. The van der Waals surface area contributed by atoms with E-state index in [1.807, 2.05) is 36.4 Å². The van der Waals surface area contributed by atoms with Gasteiger partial charge in [-0.2, -0.15) is 0 Å². The Morgan fingerprint density at radius 2 is 1.94 bits per heavy atom. The topological polar surface area (TPSA) is 91.1 Å². The fourth-order valence-corrected chi connectivity index (χ4v) is 3.52. The number of aryl methyl sites for hydroxylation is 1. The van der Waals surface area contributed by atoms with Crippen LogP contribution in [-0.4, -0.2) is 17.1 Å². The number of para-hydroxylation sites is 1. The van der Waals surface area contributed by atoms with Gasteiger partial charge in [-0.15, -0.1) is 0 Å². The molecule has 0 spiro atoms. The Bertz CT molecular complexity index is 1170. The lowest BCUT2D eigenvalue weighted by Gasteiger charge is -2.24. The van der Waals surface area contributed by atoms with Gasteiger partial charge in [0.05, 0.1) is 17.6 Å². The number of benzene rings is 3. The maximum atomic E-state index is 11.0. The number of nitro groups is 1. The third-order valence-corrected chi connectivity index (χ3v) is 5.12. The molecule has 0 bridgehead atoms. The van der Waals surface area contributed by atoms with Gasteiger partial charge in [-0.3, -0.25) is 10.1 Å². The van der Waals surface area contributed by atoms with E-state index in [1.165, 1.54) is 6.07 Å². The fourth-order valence-electron chi connectivity index (χ4n) is 3.52. The number of nitro benzene ring substituents is 1. The van der Waals surface area contributed by atoms with Crippen LogP contribution in [0.4, 0.5) is 5.69 Å². The van der Waals surface area contributed by atoms with Crippen molar-refractivity contribution in [3.05, 3.63) is 99.1 Å². The van der Waals surface area contributed by atoms with Crippen molar-refractivity contribution in [2.75, 3.05) is 7.11 Å². The van der Waals surface area contributed by atoms with Crippen LogP contribution in [0.25, 0.3) is 5.76 Å². The van der Waals surface area contributed by atoms with Gasteiger partial charge >= 0.3 is 0 Å². The summed E-state index contributed by atoms with van der Waals surface area (Å²) in [7, 11) is 1.58. The monoisotopic (exact) mass is 419 g/mol. The Labute approximate surface area is 179 Å². The number of hydrogen-bond donors (Lipinski definition) is 1. The van der Waals surface area contributed by atoms with Crippen molar-refractivity contribution in [1.29, 1.82) is 0 Å². The SMILES string of the molecule is COc1ccc(C2C=C(O)c3ccccc3O2)cc1COc1ccc([N+](=O)[O-])c(C)c1. The zero-order valence-corrected chi connectivity index (χ0v) is 17.1. The van der Waals surface area contributed by atoms with Gasteiger partial charge in [0.2, 0.25) is 0 Å². The molecule has 7 nitrogen and oxygen atoms in total. The quantitative estimate of drug-likeness (QED) is 0.418. The zero-order chi connectivity index (χ0) is 22.0. The van der Waals surface area contributed by atoms with Crippen LogP contribution < -0.4 is 14.2 Å². The molecule has 1 N–H and O–H groups in total. The average Bonchev–Trinajstić information content (AvgIpc) is 2.77. The second-order valence-electron chi connectivity index (χ2n) is 7.15.